The monoisotopic (exact) mass is 329 g/mol. The predicted octanol–water partition coefficient (Wildman–Crippen LogP) is 2.52. The molecule has 6 heteroatoms. The summed E-state index contributed by atoms with van der Waals surface area (Å²) in [6, 6.07) is 3.49. The topological polar surface area (TPSA) is 57.6 Å². The average molecular weight is 330 g/mol. The molecule has 1 heterocycles. The fourth-order valence-electron chi connectivity index (χ4n) is 2.37. The van der Waals surface area contributed by atoms with Gasteiger partial charge in [-0.1, -0.05) is 0 Å². The third-order valence-corrected chi connectivity index (χ3v) is 4.15. The van der Waals surface area contributed by atoms with Gasteiger partial charge in [0.05, 0.1) is 11.5 Å². The minimum atomic E-state index is -0.888. The molecule has 2 unspecified atom stereocenters. The van der Waals surface area contributed by atoms with Crippen LogP contribution in [0.3, 0.4) is 0 Å². The molecule has 0 saturated carbocycles. The van der Waals surface area contributed by atoms with Crippen molar-refractivity contribution in [2.45, 2.75) is 19.4 Å². The van der Waals surface area contributed by atoms with E-state index in [-0.39, 0.29) is 11.9 Å². The smallest absolute Gasteiger partial charge is 0.308 e. The first-order valence-corrected chi connectivity index (χ1v) is 6.70. The van der Waals surface area contributed by atoms with Gasteiger partial charge in [0.25, 0.3) is 5.91 Å². The Labute approximate surface area is 118 Å². The second-order valence-corrected chi connectivity index (χ2v) is 5.45. The fourth-order valence-corrected chi connectivity index (χ4v) is 2.89. The summed E-state index contributed by atoms with van der Waals surface area (Å²) in [6.07, 6.45) is 0.445. The summed E-state index contributed by atoms with van der Waals surface area (Å²) in [5.41, 5.74) is 0.347. The molecule has 1 aromatic rings. The van der Waals surface area contributed by atoms with Crippen molar-refractivity contribution in [1.82, 2.24) is 4.90 Å². The van der Waals surface area contributed by atoms with Crippen molar-refractivity contribution in [2.24, 2.45) is 5.92 Å². The van der Waals surface area contributed by atoms with Crippen molar-refractivity contribution in [3.63, 3.8) is 0 Å². The number of aliphatic carboxylic acids is 1. The van der Waals surface area contributed by atoms with E-state index in [0.717, 1.165) is 0 Å². The number of halogens is 2. The number of likely N-dealkylation sites (tertiary alicyclic amines) is 1. The maximum absolute atomic E-state index is 13.0. The van der Waals surface area contributed by atoms with Crippen LogP contribution in [0.4, 0.5) is 4.39 Å². The molecule has 0 aromatic heterocycles. The second kappa shape index (κ2) is 5.28. The van der Waals surface area contributed by atoms with Crippen LogP contribution in [0.2, 0.25) is 0 Å². The van der Waals surface area contributed by atoms with Crippen molar-refractivity contribution in [1.29, 1.82) is 0 Å². The maximum atomic E-state index is 13.0. The van der Waals surface area contributed by atoms with Gasteiger partial charge in [-0.15, -0.1) is 0 Å². The zero-order valence-corrected chi connectivity index (χ0v) is 11.9. The van der Waals surface area contributed by atoms with Crippen molar-refractivity contribution in [3.05, 3.63) is 34.1 Å². The fraction of sp³-hybridized carbons (Fsp3) is 0.385. The van der Waals surface area contributed by atoms with E-state index in [2.05, 4.69) is 15.9 Å². The molecule has 2 rings (SSSR count). The Kier molecular flexibility index (Phi) is 3.89. The number of carbonyl (C=O) groups excluding carboxylic acids is 1. The Balaban J connectivity index is 2.23. The quantitative estimate of drug-likeness (QED) is 0.907. The summed E-state index contributed by atoms with van der Waals surface area (Å²) in [6.45, 7) is 2.13. The van der Waals surface area contributed by atoms with Crippen molar-refractivity contribution < 1.29 is 19.1 Å². The maximum Gasteiger partial charge on any atom is 0.308 e. The molecule has 0 spiro atoms. The number of carboxylic acids is 1. The van der Waals surface area contributed by atoms with Gasteiger partial charge in [0.1, 0.15) is 5.82 Å². The summed E-state index contributed by atoms with van der Waals surface area (Å²) in [4.78, 5) is 24.9. The van der Waals surface area contributed by atoms with Gasteiger partial charge in [-0.05, 0) is 47.5 Å². The Morgan fingerprint density at radius 3 is 2.68 bits per heavy atom. The van der Waals surface area contributed by atoms with E-state index in [1.807, 2.05) is 0 Å². The summed E-state index contributed by atoms with van der Waals surface area (Å²) in [5, 5.41) is 9.05. The zero-order valence-electron chi connectivity index (χ0n) is 10.3. The van der Waals surface area contributed by atoms with Crippen LogP contribution in [0, 0.1) is 11.7 Å². The summed E-state index contributed by atoms with van der Waals surface area (Å²) < 4.78 is 13.4. The van der Waals surface area contributed by atoms with Crippen LogP contribution in [0.1, 0.15) is 23.7 Å². The van der Waals surface area contributed by atoms with Gasteiger partial charge >= 0.3 is 5.97 Å². The minimum Gasteiger partial charge on any atom is -0.481 e. The lowest BCUT2D eigenvalue weighted by molar-refractivity contribution is -0.142. The van der Waals surface area contributed by atoms with E-state index in [4.69, 9.17) is 5.11 Å². The van der Waals surface area contributed by atoms with E-state index in [9.17, 15) is 14.0 Å². The number of carboxylic acid groups (broad SMARTS) is 1. The second-order valence-electron chi connectivity index (χ2n) is 4.60. The lowest BCUT2D eigenvalue weighted by Gasteiger charge is -2.23. The Morgan fingerprint density at radius 1 is 1.47 bits per heavy atom. The number of carbonyl (C=O) groups is 2. The number of hydrogen-bond acceptors (Lipinski definition) is 2. The number of hydrogen-bond donors (Lipinski definition) is 1. The number of rotatable bonds is 2. The molecule has 0 aliphatic carbocycles. The zero-order chi connectivity index (χ0) is 14.2. The Bertz CT molecular complexity index is 535. The lowest BCUT2D eigenvalue weighted by Crippen LogP contribution is -2.37. The summed E-state index contributed by atoms with van der Waals surface area (Å²) in [7, 11) is 0. The van der Waals surface area contributed by atoms with Gasteiger partial charge in [0.2, 0.25) is 0 Å². The normalized spacial score (nSPS) is 22.6. The molecule has 1 aliphatic rings. The van der Waals surface area contributed by atoms with Gasteiger partial charge in [-0.25, -0.2) is 4.39 Å². The van der Waals surface area contributed by atoms with Gasteiger partial charge in [0.15, 0.2) is 0 Å². The Hall–Kier alpha value is -1.43. The molecule has 1 aromatic carbocycles. The van der Waals surface area contributed by atoms with E-state index in [0.29, 0.717) is 23.0 Å². The van der Waals surface area contributed by atoms with Crippen LogP contribution in [-0.2, 0) is 4.79 Å². The first kappa shape index (κ1) is 14.0. The van der Waals surface area contributed by atoms with Crippen LogP contribution in [-0.4, -0.2) is 34.5 Å². The van der Waals surface area contributed by atoms with Gasteiger partial charge < -0.3 is 10.0 Å². The van der Waals surface area contributed by atoms with Gasteiger partial charge in [-0.3, -0.25) is 9.59 Å². The largest absolute Gasteiger partial charge is 0.481 e. The molecular weight excluding hydrogens is 317 g/mol. The summed E-state index contributed by atoms with van der Waals surface area (Å²) in [5.74, 6) is -2.13. The molecule has 19 heavy (non-hydrogen) atoms. The Morgan fingerprint density at radius 2 is 2.16 bits per heavy atom. The van der Waals surface area contributed by atoms with Crippen molar-refractivity contribution >= 4 is 27.8 Å². The first-order chi connectivity index (χ1) is 8.91. The van der Waals surface area contributed by atoms with E-state index < -0.39 is 17.7 Å². The van der Waals surface area contributed by atoms with Crippen LogP contribution in [0.25, 0.3) is 0 Å². The highest BCUT2D eigenvalue weighted by atomic mass is 79.9. The van der Waals surface area contributed by atoms with Crippen molar-refractivity contribution in [3.8, 4) is 0 Å². The number of amides is 1. The van der Waals surface area contributed by atoms with Crippen LogP contribution >= 0.6 is 15.9 Å². The molecule has 2 atom stereocenters. The highest BCUT2D eigenvalue weighted by Crippen LogP contribution is 2.28. The first-order valence-electron chi connectivity index (χ1n) is 5.90. The van der Waals surface area contributed by atoms with Crippen LogP contribution in [0.15, 0.2) is 22.7 Å². The third kappa shape index (κ3) is 2.63. The molecule has 1 aliphatic heterocycles. The van der Waals surface area contributed by atoms with Crippen molar-refractivity contribution in [2.75, 3.05) is 6.54 Å². The number of nitrogens with zero attached hydrogens (tertiary/aromatic N) is 1. The molecule has 1 N–H and O–H groups in total. The SMILES string of the molecule is CC1C(C(=O)O)CCN1C(=O)c1ccc(F)cc1Br. The van der Waals surface area contributed by atoms with Crippen LogP contribution in [0.5, 0.6) is 0 Å². The average Bonchev–Trinajstić information content (AvgIpc) is 2.70. The molecule has 1 saturated heterocycles. The van der Waals surface area contributed by atoms with Gasteiger partial charge in [-0.2, -0.15) is 0 Å². The number of benzene rings is 1. The highest BCUT2D eigenvalue weighted by Gasteiger charge is 2.38. The molecular formula is C13H13BrFNO3. The van der Waals surface area contributed by atoms with Crippen LogP contribution < -0.4 is 0 Å². The van der Waals surface area contributed by atoms with E-state index in [1.54, 1.807) is 6.92 Å². The van der Waals surface area contributed by atoms with Gasteiger partial charge in [0, 0.05) is 17.1 Å². The molecule has 1 fully saturated rings. The highest BCUT2D eigenvalue weighted by molar-refractivity contribution is 9.10. The van der Waals surface area contributed by atoms with E-state index in [1.165, 1.54) is 23.1 Å². The van der Waals surface area contributed by atoms with E-state index >= 15 is 0 Å². The molecule has 0 radical (unpaired) electrons. The molecule has 1 amide bonds. The predicted molar refractivity (Wildman–Crippen MR) is 70.3 cm³/mol. The third-order valence-electron chi connectivity index (χ3n) is 3.49. The summed E-state index contributed by atoms with van der Waals surface area (Å²) >= 11 is 3.15. The minimum absolute atomic E-state index is 0.275. The standard InChI is InChI=1S/C13H13BrFNO3/c1-7-9(13(18)19)4-5-16(7)12(17)10-3-2-8(15)6-11(10)14/h2-3,6-7,9H,4-5H2,1H3,(H,18,19). The molecule has 4 nitrogen and oxygen atoms in total. The molecule has 0 bridgehead atoms. The molecule has 102 valence electrons. The lowest BCUT2D eigenvalue weighted by atomic mass is 10.0.